The number of furan rings is 1. The summed E-state index contributed by atoms with van der Waals surface area (Å²) in [6.07, 6.45) is 5.32. The van der Waals surface area contributed by atoms with Gasteiger partial charge in [-0.05, 0) is 60.7 Å². The second-order valence-corrected chi connectivity index (χ2v) is 9.61. The molecule has 5 rings (SSSR count). The molecule has 7 heteroatoms. The number of aromatic nitrogens is 2. The molecular weight excluding hydrogens is 456 g/mol. The average Bonchev–Trinajstić information content (AvgIpc) is 3.55. The van der Waals surface area contributed by atoms with Crippen molar-refractivity contribution in [2.45, 2.75) is 19.8 Å². The Balaban J connectivity index is 1.19. The number of nitrogens with zero attached hydrogens (tertiary/aromatic N) is 2. The van der Waals surface area contributed by atoms with Crippen LogP contribution in [0.1, 0.15) is 16.9 Å². The van der Waals surface area contributed by atoms with Gasteiger partial charge in [-0.25, -0.2) is 9.97 Å². The maximum Gasteiger partial charge on any atom is 0.166 e. The molecule has 0 radical (unpaired) electrons. The highest BCUT2D eigenvalue weighted by Gasteiger charge is 2.12. The summed E-state index contributed by atoms with van der Waals surface area (Å²) in [5.41, 5.74) is 10.1. The van der Waals surface area contributed by atoms with Crippen LogP contribution >= 0.6 is 11.3 Å². The predicted molar refractivity (Wildman–Crippen MR) is 143 cm³/mol. The van der Waals surface area contributed by atoms with Crippen LogP contribution in [0, 0.1) is 6.92 Å². The standard InChI is InChI=1S/C28H28N4O2S/c1-19-17-25-27(31-26(32-28(25)35-19)23-12-15-33-18-23)30-14-2-3-20-4-6-21(7-5-20)22-8-10-24(11-9-22)34-16-13-29/h4-12,15,17-18H,2-3,13-14,16,29H2,1H3,(H,30,31,32). The zero-order valence-corrected chi connectivity index (χ0v) is 20.5. The second kappa shape index (κ2) is 10.7. The Bertz CT molecular complexity index is 1380. The summed E-state index contributed by atoms with van der Waals surface area (Å²) in [5, 5.41) is 4.61. The van der Waals surface area contributed by atoms with Crippen molar-refractivity contribution in [3.8, 4) is 28.3 Å². The first kappa shape index (κ1) is 23.1. The maximum absolute atomic E-state index is 5.56. The molecule has 0 fully saturated rings. The highest BCUT2D eigenvalue weighted by molar-refractivity contribution is 7.18. The molecule has 5 aromatic rings. The second-order valence-electron chi connectivity index (χ2n) is 8.37. The zero-order valence-electron chi connectivity index (χ0n) is 19.7. The number of benzene rings is 2. The third-order valence-corrected chi connectivity index (χ3v) is 6.70. The lowest BCUT2D eigenvalue weighted by Gasteiger charge is -2.09. The van der Waals surface area contributed by atoms with Crippen LogP contribution in [-0.4, -0.2) is 29.7 Å². The lowest BCUT2D eigenvalue weighted by atomic mass is 10.0. The van der Waals surface area contributed by atoms with Crippen molar-refractivity contribution in [3.63, 3.8) is 0 Å². The Hall–Kier alpha value is -3.68. The van der Waals surface area contributed by atoms with Crippen molar-refractivity contribution in [2.24, 2.45) is 5.73 Å². The van der Waals surface area contributed by atoms with Crippen molar-refractivity contribution in [3.05, 3.63) is 83.6 Å². The Labute approximate surface area is 208 Å². The van der Waals surface area contributed by atoms with Gasteiger partial charge in [-0.1, -0.05) is 36.4 Å². The van der Waals surface area contributed by atoms with E-state index in [1.54, 1.807) is 23.9 Å². The molecule has 3 heterocycles. The Kier molecular flexibility index (Phi) is 7.07. The smallest absolute Gasteiger partial charge is 0.166 e. The van der Waals surface area contributed by atoms with Gasteiger partial charge in [-0.15, -0.1) is 11.3 Å². The predicted octanol–water partition coefficient (Wildman–Crippen LogP) is 6.31. The third-order valence-electron chi connectivity index (χ3n) is 5.76. The van der Waals surface area contributed by atoms with E-state index in [2.05, 4.69) is 54.7 Å². The van der Waals surface area contributed by atoms with Crippen molar-refractivity contribution in [2.75, 3.05) is 25.0 Å². The van der Waals surface area contributed by atoms with E-state index in [4.69, 9.17) is 24.9 Å². The quantitative estimate of drug-likeness (QED) is 0.226. The lowest BCUT2D eigenvalue weighted by molar-refractivity contribution is 0.328. The van der Waals surface area contributed by atoms with Crippen LogP contribution in [0.15, 0.2) is 77.6 Å². The Morgan fingerprint density at radius 1 is 0.971 bits per heavy atom. The molecule has 0 saturated heterocycles. The summed E-state index contributed by atoms with van der Waals surface area (Å²) in [7, 11) is 0. The number of hydrogen-bond acceptors (Lipinski definition) is 7. The molecule has 3 aromatic heterocycles. The van der Waals surface area contributed by atoms with Gasteiger partial charge in [0.2, 0.25) is 0 Å². The normalized spacial score (nSPS) is 11.1. The maximum atomic E-state index is 5.56. The largest absolute Gasteiger partial charge is 0.492 e. The first-order valence-corrected chi connectivity index (χ1v) is 12.6. The molecule has 0 atom stereocenters. The Morgan fingerprint density at radius 2 is 1.74 bits per heavy atom. The van der Waals surface area contributed by atoms with E-state index in [0.29, 0.717) is 19.0 Å². The first-order chi connectivity index (χ1) is 17.2. The zero-order chi connectivity index (χ0) is 24.0. The molecule has 0 aliphatic rings. The first-order valence-electron chi connectivity index (χ1n) is 11.8. The summed E-state index contributed by atoms with van der Waals surface area (Å²) >= 11 is 1.68. The van der Waals surface area contributed by atoms with Gasteiger partial charge in [0.1, 0.15) is 29.3 Å². The number of nitrogens with one attached hydrogen (secondary N) is 1. The minimum atomic E-state index is 0.516. The summed E-state index contributed by atoms with van der Waals surface area (Å²) in [6.45, 7) is 3.98. The number of hydrogen-bond donors (Lipinski definition) is 2. The SMILES string of the molecule is Cc1cc2c(NCCCc3ccc(-c4ccc(OCCN)cc4)cc3)nc(-c3ccoc3)nc2s1. The molecule has 2 aromatic carbocycles. The van der Waals surface area contributed by atoms with E-state index in [-0.39, 0.29) is 0 Å². The number of ether oxygens (including phenoxy) is 1. The highest BCUT2D eigenvalue weighted by Crippen LogP contribution is 2.31. The molecule has 0 bridgehead atoms. The minimum Gasteiger partial charge on any atom is -0.492 e. The van der Waals surface area contributed by atoms with Crippen LogP contribution in [0.4, 0.5) is 5.82 Å². The fourth-order valence-electron chi connectivity index (χ4n) is 3.98. The van der Waals surface area contributed by atoms with Crippen LogP contribution in [0.25, 0.3) is 32.7 Å². The molecule has 0 unspecified atom stereocenters. The van der Waals surface area contributed by atoms with E-state index in [1.807, 2.05) is 18.2 Å². The van der Waals surface area contributed by atoms with Gasteiger partial charge in [0, 0.05) is 18.0 Å². The number of anilines is 1. The van der Waals surface area contributed by atoms with Gasteiger partial charge < -0.3 is 20.2 Å². The molecule has 178 valence electrons. The van der Waals surface area contributed by atoms with Crippen LogP contribution < -0.4 is 15.8 Å². The number of fused-ring (bicyclic) bond motifs is 1. The molecule has 0 spiro atoms. The van der Waals surface area contributed by atoms with Crippen molar-refractivity contribution in [1.29, 1.82) is 0 Å². The summed E-state index contributed by atoms with van der Waals surface area (Å²) in [6, 6.07) is 20.9. The molecule has 0 saturated carbocycles. The number of thiophene rings is 1. The molecule has 6 nitrogen and oxygen atoms in total. The summed E-state index contributed by atoms with van der Waals surface area (Å²) in [4.78, 5) is 11.7. The number of nitrogens with two attached hydrogens (primary N) is 1. The topological polar surface area (TPSA) is 86.2 Å². The molecule has 35 heavy (non-hydrogen) atoms. The molecular formula is C28H28N4O2S. The fourth-order valence-corrected chi connectivity index (χ4v) is 4.86. The van der Waals surface area contributed by atoms with Crippen LogP contribution in [0.5, 0.6) is 5.75 Å². The highest BCUT2D eigenvalue weighted by atomic mass is 32.1. The fraction of sp³-hybridized carbons (Fsp3) is 0.214. The molecule has 0 aliphatic heterocycles. The molecule has 0 amide bonds. The van der Waals surface area contributed by atoms with E-state index < -0.39 is 0 Å². The van der Waals surface area contributed by atoms with Gasteiger partial charge in [0.25, 0.3) is 0 Å². The van der Waals surface area contributed by atoms with Crippen molar-refractivity contribution in [1.82, 2.24) is 9.97 Å². The summed E-state index contributed by atoms with van der Waals surface area (Å²) < 4.78 is 10.8. The van der Waals surface area contributed by atoms with Gasteiger partial charge in [0.15, 0.2) is 5.82 Å². The van der Waals surface area contributed by atoms with Crippen molar-refractivity contribution < 1.29 is 9.15 Å². The van der Waals surface area contributed by atoms with E-state index in [9.17, 15) is 0 Å². The van der Waals surface area contributed by atoms with Crippen LogP contribution in [-0.2, 0) is 6.42 Å². The molecule has 0 aliphatic carbocycles. The monoisotopic (exact) mass is 484 g/mol. The average molecular weight is 485 g/mol. The number of rotatable bonds is 10. The van der Waals surface area contributed by atoms with E-state index >= 15 is 0 Å². The van der Waals surface area contributed by atoms with Gasteiger partial charge in [-0.3, -0.25) is 0 Å². The van der Waals surface area contributed by atoms with Crippen LogP contribution in [0.3, 0.4) is 0 Å². The Morgan fingerprint density at radius 3 is 2.46 bits per heavy atom. The van der Waals surface area contributed by atoms with Gasteiger partial charge >= 0.3 is 0 Å². The van der Waals surface area contributed by atoms with Gasteiger partial charge in [-0.2, -0.15) is 0 Å². The lowest BCUT2D eigenvalue weighted by Crippen LogP contribution is -2.10. The van der Waals surface area contributed by atoms with Crippen molar-refractivity contribution >= 4 is 27.4 Å². The van der Waals surface area contributed by atoms with E-state index in [1.165, 1.54) is 21.6 Å². The molecule has 3 N–H and O–H groups in total. The summed E-state index contributed by atoms with van der Waals surface area (Å²) in [5.74, 6) is 2.41. The minimum absolute atomic E-state index is 0.516. The van der Waals surface area contributed by atoms with Gasteiger partial charge in [0.05, 0.1) is 17.2 Å². The van der Waals surface area contributed by atoms with Crippen LogP contribution in [0.2, 0.25) is 0 Å². The third kappa shape index (κ3) is 5.53. The number of aryl methyl sites for hydroxylation is 2. The van der Waals surface area contributed by atoms with E-state index in [0.717, 1.165) is 46.7 Å².